The van der Waals surface area contributed by atoms with Crippen LogP contribution in [-0.4, -0.2) is 20.9 Å². The van der Waals surface area contributed by atoms with Crippen LogP contribution in [0.2, 0.25) is 0 Å². The van der Waals surface area contributed by atoms with Gasteiger partial charge in [-0.05, 0) is 6.42 Å². The van der Waals surface area contributed by atoms with Gasteiger partial charge in [0.15, 0.2) is 0 Å². The van der Waals surface area contributed by atoms with E-state index in [0.29, 0.717) is 5.88 Å². The van der Waals surface area contributed by atoms with Crippen molar-refractivity contribution >= 4 is 11.6 Å². The molecule has 0 fully saturated rings. The van der Waals surface area contributed by atoms with E-state index >= 15 is 0 Å². The zero-order valence-corrected chi connectivity index (χ0v) is 11.6. The number of aromatic nitrogens is 3. The molecule has 1 heterocycles. The van der Waals surface area contributed by atoms with E-state index in [9.17, 15) is 0 Å². The van der Waals surface area contributed by atoms with Crippen molar-refractivity contribution in [3.63, 3.8) is 0 Å². The molecule has 17 heavy (non-hydrogen) atoms. The average molecular weight is 258 g/mol. The molecule has 98 valence electrons. The highest BCUT2D eigenvalue weighted by Gasteiger charge is 1.99. The lowest BCUT2D eigenvalue weighted by Gasteiger charge is -2.01. The van der Waals surface area contributed by atoms with Crippen molar-refractivity contribution in [2.24, 2.45) is 0 Å². The normalized spacial score (nSPS) is 10.9. The Hall–Kier alpha value is -0.570. The molecule has 0 unspecified atom stereocenters. The summed E-state index contributed by atoms with van der Waals surface area (Å²) in [4.78, 5) is 0. The molecular weight excluding hydrogens is 234 g/mol. The van der Waals surface area contributed by atoms with Crippen molar-refractivity contribution in [1.29, 1.82) is 0 Å². The summed E-state index contributed by atoms with van der Waals surface area (Å²) in [5, 5.41) is 8.16. The Morgan fingerprint density at radius 1 is 1.12 bits per heavy atom. The van der Waals surface area contributed by atoms with Crippen LogP contribution in [0.1, 0.15) is 57.6 Å². The summed E-state index contributed by atoms with van der Waals surface area (Å²) in [6, 6.07) is 0. The number of unbranched alkanes of at least 4 members (excludes halogenated alkanes) is 6. The summed E-state index contributed by atoms with van der Waals surface area (Å²) in [7, 11) is 0. The van der Waals surface area contributed by atoms with Crippen molar-refractivity contribution < 1.29 is 0 Å². The maximum absolute atomic E-state index is 5.66. The van der Waals surface area contributed by atoms with Crippen LogP contribution in [0.25, 0.3) is 0 Å². The van der Waals surface area contributed by atoms with E-state index in [4.69, 9.17) is 11.6 Å². The minimum atomic E-state index is 0.621. The van der Waals surface area contributed by atoms with Gasteiger partial charge in [0.1, 0.15) is 0 Å². The number of rotatable bonds is 10. The highest BCUT2D eigenvalue weighted by Crippen LogP contribution is 2.07. The maximum Gasteiger partial charge on any atom is 0.0839 e. The quantitative estimate of drug-likeness (QED) is 0.471. The predicted octanol–water partition coefficient (Wildman–Crippen LogP) is 3.81. The van der Waals surface area contributed by atoms with Crippen LogP contribution in [0, 0.1) is 0 Å². The van der Waals surface area contributed by atoms with Gasteiger partial charge in [0.2, 0.25) is 0 Å². The van der Waals surface area contributed by atoms with E-state index in [0.717, 1.165) is 18.7 Å². The highest BCUT2D eigenvalue weighted by molar-refractivity contribution is 6.17. The van der Waals surface area contributed by atoms with Gasteiger partial charge in [-0.15, -0.1) is 16.7 Å². The van der Waals surface area contributed by atoms with Gasteiger partial charge in [0.25, 0.3) is 0 Å². The van der Waals surface area contributed by atoms with Gasteiger partial charge in [-0.25, -0.2) is 0 Å². The van der Waals surface area contributed by atoms with Crippen molar-refractivity contribution in [2.45, 2.75) is 64.8 Å². The fourth-order valence-corrected chi connectivity index (χ4v) is 2.08. The molecule has 0 saturated carbocycles. The first-order valence-electron chi connectivity index (χ1n) is 6.81. The Morgan fingerprint density at radius 3 is 2.53 bits per heavy atom. The molecule has 0 atom stereocenters. The molecule has 0 bridgehead atoms. The van der Waals surface area contributed by atoms with Gasteiger partial charge in [-0.2, -0.15) is 0 Å². The van der Waals surface area contributed by atoms with Crippen molar-refractivity contribution in [3.05, 3.63) is 11.9 Å². The molecule has 0 aliphatic rings. The number of halogens is 1. The topological polar surface area (TPSA) is 30.7 Å². The molecule has 1 aromatic heterocycles. The second-order valence-corrected chi connectivity index (χ2v) is 4.91. The summed E-state index contributed by atoms with van der Waals surface area (Å²) < 4.78 is 1.94. The van der Waals surface area contributed by atoms with Gasteiger partial charge in [0.05, 0.1) is 5.69 Å². The van der Waals surface area contributed by atoms with Crippen LogP contribution in [0.5, 0.6) is 0 Å². The first kappa shape index (κ1) is 14.5. The summed E-state index contributed by atoms with van der Waals surface area (Å²) in [5.74, 6) is 0.621. The van der Waals surface area contributed by atoms with Crippen LogP contribution in [0.4, 0.5) is 0 Å². The lowest BCUT2D eigenvalue weighted by atomic mass is 10.1. The average Bonchev–Trinajstić information content (AvgIpc) is 2.76. The summed E-state index contributed by atoms with van der Waals surface area (Å²) in [5.41, 5.74) is 1.00. The summed E-state index contributed by atoms with van der Waals surface area (Å²) in [6.07, 6.45) is 12.2. The standard InChI is InChI=1S/C13H24ClN3/c1-2-3-4-5-6-7-8-11-17-12-13(9-10-14)15-16-17/h12H,2-11H2,1H3. The van der Waals surface area contributed by atoms with E-state index in [1.807, 2.05) is 10.9 Å². The van der Waals surface area contributed by atoms with E-state index in [1.54, 1.807) is 0 Å². The molecule has 1 aromatic rings. The first-order chi connectivity index (χ1) is 8.36. The number of hydrogen-bond donors (Lipinski definition) is 0. The molecule has 0 aromatic carbocycles. The van der Waals surface area contributed by atoms with Crippen molar-refractivity contribution in [2.75, 3.05) is 5.88 Å². The molecule has 0 N–H and O–H groups in total. The number of aryl methyl sites for hydroxylation is 2. The van der Waals surface area contributed by atoms with Gasteiger partial charge < -0.3 is 0 Å². The molecule has 0 aliphatic heterocycles. The minimum absolute atomic E-state index is 0.621. The Morgan fingerprint density at radius 2 is 1.82 bits per heavy atom. The molecular formula is C13H24ClN3. The fraction of sp³-hybridized carbons (Fsp3) is 0.846. The van der Waals surface area contributed by atoms with E-state index in [-0.39, 0.29) is 0 Å². The molecule has 3 nitrogen and oxygen atoms in total. The molecule has 0 amide bonds. The maximum atomic E-state index is 5.66. The van der Waals surface area contributed by atoms with Crippen molar-refractivity contribution in [3.8, 4) is 0 Å². The zero-order chi connectivity index (χ0) is 12.3. The van der Waals surface area contributed by atoms with E-state index in [1.165, 1.54) is 44.9 Å². The molecule has 0 saturated heterocycles. The van der Waals surface area contributed by atoms with Crippen LogP contribution < -0.4 is 0 Å². The molecule has 0 aliphatic carbocycles. The van der Waals surface area contributed by atoms with E-state index in [2.05, 4.69) is 17.2 Å². The third-order valence-electron chi connectivity index (χ3n) is 2.93. The van der Waals surface area contributed by atoms with Crippen LogP contribution in [0.3, 0.4) is 0 Å². The Balaban J connectivity index is 2.01. The largest absolute Gasteiger partial charge is 0.252 e. The lowest BCUT2D eigenvalue weighted by molar-refractivity contribution is 0.513. The van der Waals surface area contributed by atoms with Crippen LogP contribution >= 0.6 is 11.6 Å². The second-order valence-electron chi connectivity index (χ2n) is 4.53. The van der Waals surface area contributed by atoms with Crippen LogP contribution in [-0.2, 0) is 13.0 Å². The Bertz CT molecular complexity index is 286. The number of alkyl halides is 1. The summed E-state index contributed by atoms with van der Waals surface area (Å²) in [6.45, 7) is 3.24. The third-order valence-corrected chi connectivity index (χ3v) is 3.12. The van der Waals surface area contributed by atoms with Gasteiger partial charge in [0, 0.05) is 25.0 Å². The summed E-state index contributed by atoms with van der Waals surface area (Å²) >= 11 is 5.66. The van der Waals surface area contributed by atoms with Gasteiger partial charge in [-0.1, -0.05) is 50.7 Å². The minimum Gasteiger partial charge on any atom is -0.252 e. The molecule has 1 rings (SSSR count). The number of nitrogens with zero attached hydrogens (tertiary/aromatic N) is 3. The SMILES string of the molecule is CCCCCCCCCn1cc(CCCl)nn1. The molecule has 0 spiro atoms. The highest BCUT2D eigenvalue weighted by atomic mass is 35.5. The number of hydrogen-bond acceptors (Lipinski definition) is 2. The van der Waals surface area contributed by atoms with Gasteiger partial charge in [-0.3, -0.25) is 4.68 Å². The zero-order valence-electron chi connectivity index (χ0n) is 10.9. The lowest BCUT2D eigenvalue weighted by Crippen LogP contribution is -1.98. The fourth-order valence-electron chi connectivity index (χ4n) is 1.89. The van der Waals surface area contributed by atoms with Crippen LogP contribution in [0.15, 0.2) is 6.20 Å². The molecule has 0 radical (unpaired) electrons. The smallest absolute Gasteiger partial charge is 0.0839 e. The monoisotopic (exact) mass is 257 g/mol. The second kappa shape index (κ2) is 9.46. The molecule has 4 heteroatoms. The first-order valence-corrected chi connectivity index (χ1v) is 7.35. The Labute approximate surface area is 110 Å². The third kappa shape index (κ3) is 6.67. The Kier molecular flexibility index (Phi) is 8.06. The van der Waals surface area contributed by atoms with Gasteiger partial charge >= 0.3 is 0 Å². The predicted molar refractivity (Wildman–Crippen MR) is 72.4 cm³/mol. The van der Waals surface area contributed by atoms with E-state index < -0.39 is 0 Å². The van der Waals surface area contributed by atoms with Crippen molar-refractivity contribution in [1.82, 2.24) is 15.0 Å².